The lowest BCUT2D eigenvalue weighted by Crippen LogP contribution is -2.21. The zero-order valence-electron chi connectivity index (χ0n) is 14.8. The number of benzene rings is 2. The van der Waals surface area contributed by atoms with Crippen LogP contribution in [0.5, 0.6) is 5.75 Å². The van der Waals surface area contributed by atoms with E-state index in [-0.39, 0.29) is 11.9 Å². The van der Waals surface area contributed by atoms with Crippen LogP contribution in [-0.2, 0) is 19.9 Å². The Bertz CT molecular complexity index is 964. The molecule has 0 radical (unpaired) electrons. The summed E-state index contributed by atoms with van der Waals surface area (Å²) in [5.74, 6) is 2.39. The highest BCUT2D eigenvalue weighted by atomic mass is 16.5. The molecule has 0 bridgehead atoms. The van der Waals surface area contributed by atoms with E-state index in [0.29, 0.717) is 12.8 Å². The number of nitrogens with zero attached hydrogens (tertiary/aromatic N) is 3. The Morgan fingerprint density at radius 2 is 1.92 bits per heavy atom. The van der Waals surface area contributed by atoms with Gasteiger partial charge in [-0.25, -0.2) is 4.98 Å². The number of carbonyl (C=O) groups is 1. The number of nitrogens with one attached hydrogen (secondary N) is 1. The van der Waals surface area contributed by atoms with Gasteiger partial charge in [-0.2, -0.15) is 5.10 Å². The highest BCUT2D eigenvalue weighted by Crippen LogP contribution is 2.27. The summed E-state index contributed by atoms with van der Waals surface area (Å²) in [6.45, 7) is 0. The molecule has 6 heteroatoms. The number of rotatable bonds is 5. The van der Waals surface area contributed by atoms with Crippen molar-refractivity contribution in [2.75, 3.05) is 7.11 Å². The van der Waals surface area contributed by atoms with Gasteiger partial charge >= 0.3 is 0 Å². The van der Waals surface area contributed by atoms with Crippen LogP contribution in [-0.4, -0.2) is 27.8 Å². The fraction of sp³-hybridized carbons (Fsp3) is 0.250. The zero-order valence-corrected chi connectivity index (χ0v) is 14.8. The predicted octanol–water partition coefficient (Wildman–Crippen LogP) is 2.44. The minimum Gasteiger partial charge on any atom is -0.496 e. The number of methoxy groups -OCH3 is 1. The first-order chi connectivity index (χ1) is 12.7. The van der Waals surface area contributed by atoms with Gasteiger partial charge in [0.2, 0.25) is 0 Å². The van der Waals surface area contributed by atoms with Gasteiger partial charge in [-0.15, -0.1) is 0 Å². The van der Waals surface area contributed by atoms with E-state index in [9.17, 15) is 4.79 Å². The molecule has 0 unspecified atom stereocenters. The number of ether oxygens (including phenoxy) is 1. The van der Waals surface area contributed by atoms with E-state index in [4.69, 9.17) is 4.74 Å². The standard InChI is InChI=1S/C20H20N4O2/c1-24-19(12-16-14-8-4-5-9-15(14)20(25)21-16)22-18(23-24)11-13-7-3-6-10-17(13)26-2/h3-10,16H,11-12H2,1-2H3,(H,21,25)/t16-/m1/s1. The molecule has 6 nitrogen and oxygen atoms in total. The molecule has 132 valence electrons. The first-order valence-corrected chi connectivity index (χ1v) is 8.56. The van der Waals surface area contributed by atoms with Crippen molar-refractivity contribution in [1.29, 1.82) is 0 Å². The Labute approximate surface area is 151 Å². The smallest absolute Gasteiger partial charge is 0.252 e. The third-order valence-electron chi connectivity index (χ3n) is 4.71. The molecule has 1 aliphatic heterocycles. The van der Waals surface area contributed by atoms with Crippen LogP contribution in [0.3, 0.4) is 0 Å². The molecule has 0 spiro atoms. The number of hydrogen-bond acceptors (Lipinski definition) is 4. The van der Waals surface area contributed by atoms with E-state index < -0.39 is 0 Å². The van der Waals surface area contributed by atoms with Gasteiger partial charge in [-0.05, 0) is 17.7 Å². The minimum absolute atomic E-state index is 0.0259. The van der Waals surface area contributed by atoms with Crippen LogP contribution in [0, 0.1) is 0 Å². The molecule has 1 amide bonds. The number of aromatic nitrogens is 3. The summed E-state index contributed by atoms with van der Waals surface area (Å²) >= 11 is 0. The Kier molecular flexibility index (Phi) is 4.16. The second-order valence-electron chi connectivity index (χ2n) is 6.37. The molecule has 0 fully saturated rings. The van der Waals surface area contributed by atoms with Gasteiger partial charge in [-0.1, -0.05) is 36.4 Å². The van der Waals surface area contributed by atoms with Crippen LogP contribution in [0.4, 0.5) is 0 Å². The largest absolute Gasteiger partial charge is 0.496 e. The highest BCUT2D eigenvalue weighted by molar-refractivity contribution is 5.99. The van der Waals surface area contributed by atoms with E-state index in [0.717, 1.165) is 34.1 Å². The van der Waals surface area contributed by atoms with Gasteiger partial charge in [0.05, 0.1) is 13.2 Å². The van der Waals surface area contributed by atoms with Crippen molar-refractivity contribution >= 4 is 5.91 Å². The second kappa shape index (κ2) is 6.63. The molecule has 1 aromatic heterocycles. The molecule has 3 aromatic rings. The average Bonchev–Trinajstić information content (AvgIpc) is 3.16. The van der Waals surface area contributed by atoms with Crippen LogP contribution in [0.25, 0.3) is 0 Å². The van der Waals surface area contributed by atoms with E-state index in [1.807, 2.05) is 55.6 Å². The first-order valence-electron chi connectivity index (χ1n) is 8.56. The van der Waals surface area contributed by atoms with Crippen molar-refractivity contribution in [3.8, 4) is 5.75 Å². The summed E-state index contributed by atoms with van der Waals surface area (Å²) in [6.07, 6.45) is 1.21. The van der Waals surface area contributed by atoms with Gasteiger partial charge < -0.3 is 10.1 Å². The lowest BCUT2D eigenvalue weighted by atomic mass is 10.0. The number of carbonyl (C=O) groups excluding carboxylic acids is 1. The summed E-state index contributed by atoms with van der Waals surface area (Å²) in [6, 6.07) is 15.5. The molecule has 1 N–H and O–H groups in total. The van der Waals surface area contributed by atoms with Crippen molar-refractivity contribution in [3.05, 3.63) is 76.9 Å². The third-order valence-corrected chi connectivity index (χ3v) is 4.71. The average molecular weight is 348 g/mol. The topological polar surface area (TPSA) is 69.0 Å². The molecule has 2 aromatic carbocycles. The maximum atomic E-state index is 12.1. The number of aryl methyl sites for hydroxylation is 1. The van der Waals surface area contributed by atoms with Crippen molar-refractivity contribution < 1.29 is 9.53 Å². The molecule has 2 heterocycles. The van der Waals surface area contributed by atoms with E-state index in [1.165, 1.54) is 0 Å². The summed E-state index contributed by atoms with van der Waals surface area (Å²) < 4.78 is 7.19. The van der Waals surface area contributed by atoms with Crippen LogP contribution < -0.4 is 10.1 Å². The summed E-state index contributed by atoms with van der Waals surface area (Å²) in [5.41, 5.74) is 2.81. The van der Waals surface area contributed by atoms with Gasteiger partial charge in [0, 0.05) is 31.0 Å². The van der Waals surface area contributed by atoms with E-state index in [2.05, 4.69) is 15.4 Å². The first kappa shape index (κ1) is 16.3. The fourth-order valence-electron chi connectivity index (χ4n) is 3.41. The number of hydrogen-bond donors (Lipinski definition) is 1. The Hall–Kier alpha value is -3.15. The maximum absolute atomic E-state index is 12.1. The molecule has 0 saturated heterocycles. The predicted molar refractivity (Wildman–Crippen MR) is 97.2 cm³/mol. The zero-order chi connectivity index (χ0) is 18.1. The van der Waals surface area contributed by atoms with Crippen molar-refractivity contribution in [2.45, 2.75) is 18.9 Å². The summed E-state index contributed by atoms with van der Waals surface area (Å²) in [5, 5.41) is 7.57. The monoisotopic (exact) mass is 348 g/mol. The fourth-order valence-corrected chi connectivity index (χ4v) is 3.41. The molecule has 4 rings (SSSR count). The molecule has 1 aliphatic rings. The lowest BCUT2D eigenvalue weighted by Gasteiger charge is -2.10. The molecular formula is C20H20N4O2. The SMILES string of the molecule is COc1ccccc1Cc1nc(C[C@H]2NC(=O)c3ccccc32)n(C)n1. The lowest BCUT2D eigenvalue weighted by molar-refractivity contribution is 0.0956. The third kappa shape index (κ3) is 2.94. The van der Waals surface area contributed by atoms with Gasteiger partial charge in [0.1, 0.15) is 11.6 Å². The van der Waals surface area contributed by atoms with Gasteiger partial charge in [-0.3, -0.25) is 9.48 Å². The van der Waals surface area contributed by atoms with Gasteiger partial charge in [0.25, 0.3) is 5.91 Å². The Balaban J connectivity index is 1.55. The van der Waals surface area contributed by atoms with Crippen LogP contribution >= 0.6 is 0 Å². The maximum Gasteiger partial charge on any atom is 0.252 e. The summed E-state index contributed by atoms with van der Waals surface area (Å²) in [7, 11) is 3.55. The van der Waals surface area contributed by atoms with Crippen molar-refractivity contribution in [1.82, 2.24) is 20.1 Å². The Morgan fingerprint density at radius 3 is 2.77 bits per heavy atom. The molecular weight excluding hydrogens is 328 g/mol. The molecule has 1 atom stereocenters. The van der Waals surface area contributed by atoms with Crippen LogP contribution in [0.15, 0.2) is 48.5 Å². The van der Waals surface area contributed by atoms with E-state index >= 15 is 0 Å². The van der Waals surface area contributed by atoms with E-state index in [1.54, 1.807) is 11.8 Å². The number of fused-ring (bicyclic) bond motifs is 1. The van der Waals surface area contributed by atoms with Crippen LogP contribution in [0.2, 0.25) is 0 Å². The van der Waals surface area contributed by atoms with Crippen molar-refractivity contribution in [3.63, 3.8) is 0 Å². The minimum atomic E-state index is -0.0688. The summed E-state index contributed by atoms with van der Waals surface area (Å²) in [4.78, 5) is 16.8. The van der Waals surface area contributed by atoms with Crippen molar-refractivity contribution in [2.24, 2.45) is 7.05 Å². The Morgan fingerprint density at radius 1 is 1.15 bits per heavy atom. The second-order valence-corrected chi connectivity index (χ2v) is 6.37. The molecule has 0 aliphatic carbocycles. The number of amides is 1. The van der Waals surface area contributed by atoms with Crippen LogP contribution in [0.1, 0.15) is 39.2 Å². The number of para-hydroxylation sites is 1. The highest BCUT2D eigenvalue weighted by Gasteiger charge is 2.29. The normalized spacial score (nSPS) is 15.6. The quantitative estimate of drug-likeness (QED) is 0.769. The van der Waals surface area contributed by atoms with Gasteiger partial charge in [0.15, 0.2) is 5.82 Å². The molecule has 26 heavy (non-hydrogen) atoms. The molecule has 0 saturated carbocycles.